The Hall–Kier alpha value is -2.69. The zero-order valence-corrected chi connectivity index (χ0v) is 10.1. The third-order valence-electron chi connectivity index (χ3n) is 2.77. The highest BCUT2D eigenvalue weighted by atomic mass is 16.4. The number of pyridine rings is 1. The molecule has 0 saturated heterocycles. The molecule has 3 rings (SSSR count). The van der Waals surface area contributed by atoms with E-state index in [0.717, 1.165) is 11.1 Å². The summed E-state index contributed by atoms with van der Waals surface area (Å²) in [6, 6.07) is 8.82. The third kappa shape index (κ3) is 2.06. The predicted molar refractivity (Wildman–Crippen MR) is 68.9 cm³/mol. The summed E-state index contributed by atoms with van der Waals surface area (Å²) in [6.07, 6.45) is 1.43. The van der Waals surface area contributed by atoms with E-state index >= 15 is 0 Å². The number of aromatic nitrogens is 2. The molecule has 0 saturated carbocycles. The lowest BCUT2D eigenvalue weighted by Crippen LogP contribution is -1.99. The number of carboxylic acid groups (broad SMARTS) is 1. The molecule has 0 aliphatic heterocycles. The van der Waals surface area contributed by atoms with Gasteiger partial charge in [-0.05, 0) is 36.8 Å². The summed E-state index contributed by atoms with van der Waals surface area (Å²) < 4.78 is 5.61. The second-order valence-corrected chi connectivity index (χ2v) is 4.23. The minimum atomic E-state index is -1.08. The van der Waals surface area contributed by atoms with Gasteiger partial charge in [-0.2, -0.15) is 0 Å². The Morgan fingerprint density at radius 3 is 2.89 bits per heavy atom. The number of aryl methyl sites for hydroxylation is 1. The molecule has 0 atom stereocenters. The fourth-order valence-corrected chi connectivity index (χ4v) is 1.84. The molecule has 5 nitrogen and oxygen atoms in total. The van der Waals surface area contributed by atoms with Crippen molar-refractivity contribution in [3.63, 3.8) is 0 Å². The van der Waals surface area contributed by atoms with E-state index in [-0.39, 0.29) is 5.69 Å². The third-order valence-corrected chi connectivity index (χ3v) is 2.77. The van der Waals surface area contributed by atoms with Crippen LogP contribution in [0.1, 0.15) is 16.1 Å². The number of benzene rings is 1. The van der Waals surface area contributed by atoms with Crippen molar-refractivity contribution in [2.24, 2.45) is 0 Å². The van der Waals surface area contributed by atoms with Crippen molar-refractivity contribution in [3.05, 3.63) is 47.8 Å². The van der Waals surface area contributed by atoms with Gasteiger partial charge in [-0.25, -0.2) is 14.8 Å². The van der Waals surface area contributed by atoms with E-state index in [4.69, 9.17) is 9.52 Å². The van der Waals surface area contributed by atoms with Crippen LogP contribution in [0.15, 0.2) is 40.9 Å². The minimum absolute atomic E-state index is 0.0315. The number of carboxylic acids is 1. The number of carbonyl (C=O) groups is 1. The lowest BCUT2D eigenvalue weighted by atomic mass is 10.2. The van der Waals surface area contributed by atoms with Crippen LogP contribution in [0.2, 0.25) is 0 Å². The van der Waals surface area contributed by atoms with Crippen molar-refractivity contribution in [1.29, 1.82) is 0 Å². The van der Waals surface area contributed by atoms with Crippen LogP contribution in [0.5, 0.6) is 0 Å². The van der Waals surface area contributed by atoms with E-state index in [1.165, 1.54) is 12.3 Å². The molecule has 0 aliphatic carbocycles. The molecule has 1 N–H and O–H groups in total. The molecule has 0 fully saturated rings. The highest BCUT2D eigenvalue weighted by Gasteiger charge is 2.11. The van der Waals surface area contributed by atoms with Crippen molar-refractivity contribution < 1.29 is 14.3 Å². The standard InChI is InChI=1S/C14H10N2O3/c1-8-2-3-12-10(6-8)16-13(19-12)9-4-5-15-11(7-9)14(17)18/h2-7H,1H3,(H,17,18). The van der Waals surface area contributed by atoms with Gasteiger partial charge in [0.15, 0.2) is 5.58 Å². The summed E-state index contributed by atoms with van der Waals surface area (Å²) >= 11 is 0. The van der Waals surface area contributed by atoms with E-state index in [1.54, 1.807) is 6.07 Å². The number of hydrogen-bond acceptors (Lipinski definition) is 4. The smallest absolute Gasteiger partial charge is 0.354 e. The molecule has 0 unspecified atom stereocenters. The molecule has 0 bridgehead atoms. The van der Waals surface area contributed by atoms with Crippen LogP contribution in [0, 0.1) is 6.92 Å². The van der Waals surface area contributed by atoms with E-state index in [0.29, 0.717) is 17.0 Å². The van der Waals surface area contributed by atoms with Gasteiger partial charge in [0, 0.05) is 11.8 Å². The summed E-state index contributed by atoms with van der Waals surface area (Å²) in [7, 11) is 0. The molecule has 0 spiro atoms. The first-order chi connectivity index (χ1) is 9.13. The SMILES string of the molecule is Cc1ccc2oc(-c3ccnc(C(=O)O)c3)nc2c1. The topological polar surface area (TPSA) is 76.2 Å². The summed E-state index contributed by atoms with van der Waals surface area (Å²) in [4.78, 5) is 19.0. The highest BCUT2D eigenvalue weighted by molar-refractivity contribution is 5.87. The number of nitrogens with zero attached hydrogens (tertiary/aromatic N) is 2. The summed E-state index contributed by atoms with van der Waals surface area (Å²) in [5.41, 5.74) is 3.09. The van der Waals surface area contributed by atoms with Gasteiger partial charge in [0.25, 0.3) is 0 Å². The highest BCUT2D eigenvalue weighted by Crippen LogP contribution is 2.24. The largest absolute Gasteiger partial charge is 0.477 e. The number of oxazole rings is 1. The van der Waals surface area contributed by atoms with Gasteiger partial charge in [0.1, 0.15) is 11.2 Å². The second-order valence-electron chi connectivity index (χ2n) is 4.23. The van der Waals surface area contributed by atoms with Crippen LogP contribution in [-0.4, -0.2) is 21.0 Å². The maximum Gasteiger partial charge on any atom is 0.354 e. The van der Waals surface area contributed by atoms with E-state index in [9.17, 15) is 4.79 Å². The van der Waals surface area contributed by atoms with Crippen molar-refractivity contribution in [2.45, 2.75) is 6.92 Å². The molecular weight excluding hydrogens is 244 g/mol. The molecule has 1 aromatic carbocycles. The Morgan fingerprint density at radius 1 is 1.26 bits per heavy atom. The number of fused-ring (bicyclic) bond motifs is 1. The Balaban J connectivity index is 2.13. The van der Waals surface area contributed by atoms with E-state index in [1.807, 2.05) is 25.1 Å². The van der Waals surface area contributed by atoms with Crippen LogP contribution in [0.4, 0.5) is 0 Å². The first kappa shape index (κ1) is 11.4. The van der Waals surface area contributed by atoms with E-state index in [2.05, 4.69) is 9.97 Å². The molecule has 5 heteroatoms. The molecule has 94 valence electrons. The molecule has 3 aromatic rings. The van der Waals surface area contributed by atoms with Gasteiger partial charge in [0.05, 0.1) is 0 Å². The Morgan fingerprint density at radius 2 is 2.11 bits per heavy atom. The fraction of sp³-hybridized carbons (Fsp3) is 0.0714. The van der Waals surface area contributed by atoms with Gasteiger partial charge in [-0.3, -0.25) is 0 Å². The predicted octanol–water partition coefficient (Wildman–Crippen LogP) is 2.90. The van der Waals surface area contributed by atoms with Crippen molar-refractivity contribution in [3.8, 4) is 11.5 Å². The summed E-state index contributed by atoms with van der Waals surface area (Å²) in [6.45, 7) is 1.97. The molecule has 0 amide bonds. The summed E-state index contributed by atoms with van der Waals surface area (Å²) in [5, 5.41) is 8.92. The number of aromatic carboxylic acids is 1. The monoisotopic (exact) mass is 254 g/mol. The Bertz CT molecular complexity index is 777. The van der Waals surface area contributed by atoms with Gasteiger partial charge in [0.2, 0.25) is 5.89 Å². The summed E-state index contributed by atoms with van der Waals surface area (Å²) in [5.74, 6) is -0.681. The second kappa shape index (κ2) is 4.20. The number of rotatable bonds is 2. The zero-order valence-electron chi connectivity index (χ0n) is 10.1. The van der Waals surface area contributed by atoms with Crippen LogP contribution < -0.4 is 0 Å². The van der Waals surface area contributed by atoms with Gasteiger partial charge >= 0.3 is 5.97 Å². The average molecular weight is 254 g/mol. The Labute approximate surface area is 108 Å². The first-order valence-electron chi connectivity index (χ1n) is 5.70. The number of hydrogen-bond donors (Lipinski definition) is 1. The molecule has 19 heavy (non-hydrogen) atoms. The molecule has 0 aliphatic rings. The van der Waals surface area contributed by atoms with Crippen LogP contribution in [-0.2, 0) is 0 Å². The minimum Gasteiger partial charge on any atom is -0.477 e. The fourth-order valence-electron chi connectivity index (χ4n) is 1.84. The van der Waals surface area contributed by atoms with Gasteiger partial charge in [-0.15, -0.1) is 0 Å². The van der Waals surface area contributed by atoms with Crippen LogP contribution in [0.3, 0.4) is 0 Å². The van der Waals surface area contributed by atoms with Gasteiger partial charge < -0.3 is 9.52 Å². The van der Waals surface area contributed by atoms with Crippen LogP contribution in [0.25, 0.3) is 22.6 Å². The van der Waals surface area contributed by atoms with Crippen molar-refractivity contribution >= 4 is 17.1 Å². The first-order valence-corrected chi connectivity index (χ1v) is 5.70. The maximum absolute atomic E-state index is 10.9. The van der Waals surface area contributed by atoms with Crippen LogP contribution >= 0.6 is 0 Å². The molecule has 2 aromatic heterocycles. The molecular formula is C14H10N2O3. The Kier molecular flexibility index (Phi) is 2.52. The average Bonchev–Trinajstić information content (AvgIpc) is 2.81. The maximum atomic E-state index is 10.9. The normalized spacial score (nSPS) is 10.8. The van der Waals surface area contributed by atoms with E-state index < -0.39 is 5.97 Å². The molecule has 2 heterocycles. The van der Waals surface area contributed by atoms with Crippen molar-refractivity contribution in [1.82, 2.24) is 9.97 Å². The molecule has 0 radical (unpaired) electrons. The lowest BCUT2D eigenvalue weighted by Gasteiger charge is -1.96. The quantitative estimate of drug-likeness (QED) is 0.760. The van der Waals surface area contributed by atoms with Gasteiger partial charge in [-0.1, -0.05) is 6.07 Å². The van der Waals surface area contributed by atoms with Crippen molar-refractivity contribution in [2.75, 3.05) is 0 Å². The zero-order chi connectivity index (χ0) is 13.4. The lowest BCUT2D eigenvalue weighted by molar-refractivity contribution is 0.0690.